The van der Waals surface area contributed by atoms with Crippen molar-refractivity contribution in [3.63, 3.8) is 0 Å². The number of nitrogens with two attached hydrogens (primary N) is 1. The third-order valence-corrected chi connectivity index (χ3v) is 5.83. The Kier molecular flexibility index (Phi) is 4.32. The van der Waals surface area contributed by atoms with Crippen molar-refractivity contribution < 1.29 is 4.79 Å². The van der Waals surface area contributed by atoms with E-state index in [1.807, 2.05) is 24.3 Å². The van der Waals surface area contributed by atoms with Gasteiger partial charge in [0.15, 0.2) is 0 Å². The van der Waals surface area contributed by atoms with Crippen LogP contribution in [-0.4, -0.2) is 34.4 Å². The van der Waals surface area contributed by atoms with Gasteiger partial charge in [0.05, 0.1) is 0 Å². The molecule has 3 rings (SSSR count). The van der Waals surface area contributed by atoms with E-state index in [2.05, 4.69) is 16.7 Å². The van der Waals surface area contributed by atoms with E-state index in [1.165, 1.54) is 25.7 Å². The van der Waals surface area contributed by atoms with Gasteiger partial charge in [0.25, 0.3) is 5.91 Å². The number of hydrogen-bond acceptors (Lipinski definition) is 3. The quantitative estimate of drug-likeness (QED) is 0.911. The Morgan fingerprint density at radius 2 is 2.00 bits per heavy atom. The molecule has 0 radical (unpaired) electrons. The molecule has 1 heterocycles. The number of carbonyl (C=O) groups is 1. The Hall–Kier alpha value is -1.00. The molecule has 1 saturated heterocycles. The largest absolute Gasteiger partial charge is 0.334 e. The zero-order valence-electron chi connectivity index (χ0n) is 11.8. The van der Waals surface area contributed by atoms with E-state index in [-0.39, 0.29) is 5.91 Å². The van der Waals surface area contributed by atoms with Crippen LogP contribution in [0, 0.1) is 0 Å². The topological polar surface area (TPSA) is 46.3 Å². The van der Waals surface area contributed by atoms with E-state index < -0.39 is 0 Å². The summed E-state index contributed by atoms with van der Waals surface area (Å²) in [5.74, 6) is 1.28. The Labute approximate surface area is 124 Å². The fourth-order valence-corrected chi connectivity index (χ4v) is 4.74. The molecule has 3 nitrogen and oxygen atoms in total. The number of rotatable bonds is 2. The lowest BCUT2D eigenvalue weighted by Crippen LogP contribution is -2.51. The molecule has 2 atom stereocenters. The summed E-state index contributed by atoms with van der Waals surface area (Å²) >= 11 is 2.06. The number of fused-ring (bicyclic) bond motifs is 1. The minimum atomic E-state index is 0.200. The Morgan fingerprint density at radius 1 is 1.25 bits per heavy atom. The van der Waals surface area contributed by atoms with Crippen molar-refractivity contribution in [3.05, 3.63) is 35.4 Å². The van der Waals surface area contributed by atoms with Crippen LogP contribution in [0.1, 0.15) is 41.6 Å². The number of thioether (sulfide) groups is 1. The molecule has 1 aliphatic heterocycles. The molecule has 1 aromatic carbocycles. The van der Waals surface area contributed by atoms with Gasteiger partial charge in [-0.05, 0) is 30.5 Å². The van der Waals surface area contributed by atoms with Crippen LogP contribution < -0.4 is 5.73 Å². The van der Waals surface area contributed by atoms with Gasteiger partial charge in [0.1, 0.15) is 0 Å². The molecule has 0 bridgehead atoms. The van der Waals surface area contributed by atoms with E-state index in [9.17, 15) is 4.79 Å². The molecule has 1 aromatic rings. The van der Waals surface area contributed by atoms with Crippen LogP contribution in [0.3, 0.4) is 0 Å². The van der Waals surface area contributed by atoms with Gasteiger partial charge in [-0.2, -0.15) is 11.8 Å². The number of benzene rings is 1. The summed E-state index contributed by atoms with van der Waals surface area (Å²) in [5.41, 5.74) is 7.49. The maximum atomic E-state index is 12.7. The van der Waals surface area contributed by atoms with Crippen molar-refractivity contribution in [1.29, 1.82) is 0 Å². The highest BCUT2D eigenvalue weighted by molar-refractivity contribution is 8.00. The van der Waals surface area contributed by atoms with E-state index in [0.717, 1.165) is 23.4 Å². The zero-order chi connectivity index (χ0) is 13.9. The summed E-state index contributed by atoms with van der Waals surface area (Å²) in [5, 5.41) is 0.657. The lowest BCUT2D eigenvalue weighted by molar-refractivity contribution is 0.0646. The van der Waals surface area contributed by atoms with Gasteiger partial charge < -0.3 is 10.6 Å². The highest BCUT2D eigenvalue weighted by Crippen LogP contribution is 2.36. The second-order valence-corrected chi connectivity index (χ2v) is 7.01. The molecule has 2 aliphatic rings. The standard InChI is InChI=1S/C16H22N2OS/c17-11-12-5-7-13(8-6-12)16(19)18-9-10-20-15-4-2-1-3-14(15)18/h5-8,14-15H,1-4,9-11,17H2. The number of nitrogens with zero attached hydrogens (tertiary/aromatic N) is 1. The minimum Gasteiger partial charge on any atom is -0.334 e. The van der Waals surface area contributed by atoms with Gasteiger partial charge in [-0.3, -0.25) is 4.79 Å². The van der Waals surface area contributed by atoms with Crippen LogP contribution >= 0.6 is 11.8 Å². The SMILES string of the molecule is NCc1ccc(C(=O)N2CCSC3CCCCC32)cc1. The van der Waals surface area contributed by atoms with Crippen molar-refractivity contribution in [2.24, 2.45) is 5.73 Å². The van der Waals surface area contributed by atoms with E-state index in [1.54, 1.807) is 0 Å². The molecule has 108 valence electrons. The first-order chi connectivity index (χ1) is 9.79. The maximum absolute atomic E-state index is 12.7. The van der Waals surface area contributed by atoms with Crippen molar-refractivity contribution in [3.8, 4) is 0 Å². The summed E-state index contributed by atoms with van der Waals surface area (Å²) in [4.78, 5) is 14.9. The van der Waals surface area contributed by atoms with Gasteiger partial charge in [-0.25, -0.2) is 0 Å². The van der Waals surface area contributed by atoms with Crippen molar-refractivity contribution in [1.82, 2.24) is 4.90 Å². The van der Waals surface area contributed by atoms with E-state index >= 15 is 0 Å². The van der Waals surface area contributed by atoms with Gasteiger partial charge >= 0.3 is 0 Å². The maximum Gasteiger partial charge on any atom is 0.254 e. The Morgan fingerprint density at radius 3 is 2.75 bits per heavy atom. The molecule has 4 heteroatoms. The molecule has 1 aliphatic carbocycles. The first-order valence-corrected chi connectivity index (χ1v) is 8.56. The average molecular weight is 290 g/mol. The second kappa shape index (κ2) is 6.19. The van der Waals surface area contributed by atoms with Crippen LogP contribution in [0.25, 0.3) is 0 Å². The van der Waals surface area contributed by atoms with Crippen LogP contribution in [0.5, 0.6) is 0 Å². The molecule has 2 N–H and O–H groups in total. The van der Waals surface area contributed by atoms with E-state index in [4.69, 9.17) is 5.73 Å². The van der Waals surface area contributed by atoms with Gasteiger partial charge in [-0.15, -0.1) is 0 Å². The summed E-state index contributed by atoms with van der Waals surface area (Å²) in [6, 6.07) is 8.21. The summed E-state index contributed by atoms with van der Waals surface area (Å²) < 4.78 is 0. The normalized spacial score (nSPS) is 26.1. The molecule has 20 heavy (non-hydrogen) atoms. The minimum absolute atomic E-state index is 0.200. The van der Waals surface area contributed by atoms with Gasteiger partial charge in [-0.1, -0.05) is 25.0 Å². The third kappa shape index (κ3) is 2.72. The van der Waals surface area contributed by atoms with Gasteiger partial charge in [0.2, 0.25) is 0 Å². The molecule has 1 amide bonds. The highest BCUT2D eigenvalue weighted by atomic mass is 32.2. The third-order valence-electron chi connectivity index (χ3n) is 4.43. The average Bonchev–Trinajstić information content (AvgIpc) is 2.54. The van der Waals surface area contributed by atoms with Crippen molar-refractivity contribution >= 4 is 17.7 Å². The van der Waals surface area contributed by atoms with Crippen LogP contribution in [0.15, 0.2) is 24.3 Å². The number of amides is 1. The smallest absolute Gasteiger partial charge is 0.254 e. The van der Waals surface area contributed by atoms with Crippen LogP contribution in [0.2, 0.25) is 0 Å². The summed E-state index contributed by atoms with van der Waals surface area (Å²) in [7, 11) is 0. The molecule has 1 saturated carbocycles. The van der Waals surface area contributed by atoms with Crippen molar-refractivity contribution in [2.45, 2.75) is 43.5 Å². The zero-order valence-corrected chi connectivity index (χ0v) is 12.6. The molecular weight excluding hydrogens is 268 g/mol. The first-order valence-electron chi connectivity index (χ1n) is 7.51. The molecular formula is C16H22N2OS. The molecule has 0 aromatic heterocycles. The monoisotopic (exact) mass is 290 g/mol. The fraction of sp³-hybridized carbons (Fsp3) is 0.562. The Balaban J connectivity index is 1.77. The first kappa shape index (κ1) is 14.0. The fourth-order valence-electron chi connectivity index (χ4n) is 3.30. The summed E-state index contributed by atoms with van der Waals surface area (Å²) in [6.07, 6.45) is 5.02. The molecule has 2 fully saturated rings. The lowest BCUT2D eigenvalue weighted by atomic mass is 9.92. The lowest BCUT2D eigenvalue weighted by Gasteiger charge is -2.43. The number of hydrogen-bond donors (Lipinski definition) is 1. The predicted octanol–water partition coefficient (Wildman–Crippen LogP) is 2.65. The van der Waals surface area contributed by atoms with Crippen LogP contribution in [-0.2, 0) is 6.54 Å². The van der Waals surface area contributed by atoms with Crippen LogP contribution in [0.4, 0.5) is 0 Å². The van der Waals surface area contributed by atoms with Crippen molar-refractivity contribution in [2.75, 3.05) is 12.3 Å². The number of carbonyl (C=O) groups excluding carboxylic acids is 1. The summed E-state index contributed by atoms with van der Waals surface area (Å²) in [6.45, 7) is 1.42. The molecule has 2 unspecified atom stereocenters. The molecule has 0 spiro atoms. The Bertz CT molecular complexity index is 472. The predicted molar refractivity (Wildman–Crippen MR) is 83.9 cm³/mol. The second-order valence-electron chi connectivity index (χ2n) is 5.66. The van der Waals surface area contributed by atoms with Gasteiger partial charge in [0, 0.05) is 35.7 Å². The van der Waals surface area contributed by atoms with E-state index in [0.29, 0.717) is 17.8 Å². The highest BCUT2D eigenvalue weighted by Gasteiger charge is 2.36.